The maximum Gasteiger partial charge on any atom is 0.311 e. The summed E-state index contributed by atoms with van der Waals surface area (Å²) in [7, 11) is 5.18. The third-order valence-electron chi connectivity index (χ3n) is 12.0. The van der Waals surface area contributed by atoms with Crippen LogP contribution in [0.5, 0.6) is 0 Å². The first-order valence-electron chi connectivity index (χ1n) is 19.8. The minimum Gasteiger partial charge on any atom is -0.459 e. The van der Waals surface area contributed by atoms with Crippen LogP contribution in [0.2, 0.25) is 0 Å². The Morgan fingerprint density at radius 2 is 1.47 bits per heavy atom. The van der Waals surface area contributed by atoms with Crippen LogP contribution >= 0.6 is 0 Å². The van der Waals surface area contributed by atoms with Crippen molar-refractivity contribution in [1.82, 2.24) is 4.90 Å². The van der Waals surface area contributed by atoms with E-state index in [1.165, 1.54) is 27.9 Å². The summed E-state index contributed by atoms with van der Waals surface area (Å²) in [6.07, 6.45) is -8.19. The monoisotopic (exact) mass is 792 g/mol. The number of Topliss-reactive ketones (excluding diaryl/α,β-unsaturated/α-hetero) is 1. The van der Waals surface area contributed by atoms with Crippen molar-refractivity contribution >= 4 is 18.0 Å². The molecule has 15 nitrogen and oxygen atoms in total. The van der Waals surface area contributed by atoms with Crippen LogP contribution in [-0.2, 0) is 42.8 Å². The molecule has 0 amide bonds. The van der Waals surface area contributed by atoms with Crippen molar-refractivity contribution in [2.24, 2.45) is 23.7 Å². The average molecular weight is 792 g/mol. The number of hydrogen-bond donors (Lipinski definition) is 5. The molecule has 3 aliphatic rings. The Morgan fingerprint density at radius 1 is 0.891 bits per heavy atom. The number of aldehydes is 1. The number of nitrogens with zero attached hydrogens (tertiary/aromatic N) is 1. The van der Waals surface area contributed by atoms with Crippen molar-refractivity contribution in [2.75, 3.05) is 21.2 Å². The number of aliphatic hydroxyl groups is 5. The number of carbonyl (C=O) groups is 3. The van der Waals surface area contributed by atoms with Gasteiger partial charge in [0.25, 0.3) is 0 Å². The molecule has 322 valence electrons. The van der Waals surface area contributed by atoms with Gasteiger partial charge in [-0.15, -0.1) is 0 Å². The van der Waals surface area contributed by atoms with Gasteiger partial charge in [-0.2, -0.15) is 0 Å². The van der Waals surface area contributed by atoms with E-state index in [4.69, 9.17) is 28.4 Å². The highest BCUT2D eigenvalue weighted by atomic mass is 16.7. The van der Waals surface area contributed by atoms with Crippen LogP contribution in [-0.4, -0.2) is 154 Å². The minimum absolute atomic E-state index is 0.0936. The molecule has 0 aliphatic carbocycles. The minimum atomic E-state index is -1.99. The van der Waals surface area contributed by atoms with Gasteiger partial charge in [0.2, 0.25) is 0 Å². The number of aliphatic hydroxyl groups excluding tert-OH is 3. The first-order valence-corrected chi connectivity index (χ1v) is 19.8. The highest BCUT2D eigenvalue weighted by molar-refractivity contribution is 5.83. The normalized spacial score (nSPS) is 46.6. The molecule has 0 spiro atoms. The van der Waals surface area contributed by atoms with Gasteiger partial charge in [0.1, 0.15) is 36.0 Å². The second kappa shape index (κ2) is 20.4. The van der Waals surface area contributed by atoms with E-state index in [1.54, 1.807) is 41.5 Å². The molecule has 0 saturated carbocycles. The molecule has 55 heavy (non-hydrogen) atoms. The smallest absolute Gasteiger partial charge is 0.311 e. The van der Waals surface area contributed by atoms with E-state index in [-0.39, 0.29) is 31.4 Å². The van der Waals surface area contributed by atoms with Crippen LogP contribution < -0.4 is 0 Å². The van der Waals surface area contributed by atoms with Gasteiger partial charge in [0.05, 0.1) is 47.6 Å². The molecule has 3 saturated heterocycles. The zero-order valence-corrected chi connectivity index (χ0v) is 35.6. The first kappa shape index (κ1) is 49.5. The second-order valence-corrected chi connectivity index (χ2v) is 17.0. The molecule has 3 aliphatic heterocycles. The molecule has 0 unspecified atom stereocenters. The van der Waals surface area contributed by atoms with E-state index in [0.717, 1.165) is 6.29 Å². The quantitative estimate of drug-likeness (QED) is 0.177. The summed E-state index contributed by atoms with van der Waals surface area (Å²) >= 11 is 0. The predicted octanol–water partition coefficient (Wildman–Crippen LogP) is 2.38. The molecule has 18 atom stereocenters. The van der Waals surface area contributed by atoms with Crippen LogP contribution in [0.1, 0.15) is 108 Å². The Balaban J connectivity index is 0.00000248. The topological polar surface area (TPSA) is 211 Å². The van der Waals surface area contributed by atoms with Crippen LogP contribution in [0.4, 0.5) is 0 Å². The third-order valence-corrected chi connectivity index (χ3v) is 12.0. The average Bonchev–Trinajstić information content (AvgIpc) is 3.12. The summed E-state index contributed by atoms with van der Waals surface area (Å²) < 4.78 is 37.1. The second-order valence-electron chi connectivity index (χ2n) is 17.0. The lowest BCUT2D eigenvalue weighted by Crippen LogP contribution is -2.61. The lowest BCUT2D eigenvalue weighted by molar-refractivity contribution is -0.318. The number of hydrogen-bond acceptors (Lipinski definition) is 15. The van der Waals surface area contributed by atoms with E-state index >= 15 is 0 Å². The Bertz CT molecular complexity index is 1230. The van der Waals surface area contributed by atoms with Crippen molar-refractivity contribution < 1.29 is 68.3 Å². The molecule has 15 heteroatoms. The predicted molar refractivity (Wildman–Crippen MR) is 203 cm³/mol. The molecule has 3 heterocycles. The van der Waals surface area contributed by atoms with E-state index < -0.39 is 108 Å². The van der Waals surface area contributed by atoms with Gasteiger partial charge in [-0.05, 0) is 74.9 Å². The fourth-order valence-electron chi connectivity index (χ4n) is 8.41. The summed E-state index contributed by atoms with van der Waals surface area (Å²) in [5.41, 5.74) is -4.84. The van der Waals surface area contributed by atoms with Crippen LogP contribution in [0.15, 0.2) is 0 Å². The van der Waals surface area contributed by atoms with E-state index in [1.807, 2.05) is 32.8 Å². The van der Waals surface area contributed by atoms with Gasteiger partial charge < -0.3 is 63.6 Å². The van der Waals surface area contributed by atoms with Gasteiger partial charge in [-0.1, -0.05) is 34.6 Å². The first-order chi connectivity index (χ1) is 25.3. The van der Waals surface area contributed by atoms with Crippen molar-refractivity contribution in [2.45, 2.75) is 193 Å². The highest BCUT2D eigenvalue weighted by Gasteiger charge is 2.53. The maximum atomic E-state index is 14.1. The molecule has 3 fully saturated rings. The van der Waals surface area contributed by atoms with Crippen LogP contribution in [0, 0.1) is 23.7 Å². The number of ether oxygens (including phenoxy) is 6. The van der Waals surface area contributed by atoms with Gasteiger partial charge in [0, 0.05) is 43.7 Å². The molecule has 0 aromatic carbocycles. The fraction of sp³-hybridized carbons (Fsp3) is 0.925. The number of ketones is 1. The molecule has 3 rings (SSSR count). The molecule has 0 radical (unpaired) electrons. The summed E-state index contributed by atoms with van der Waals surface area (Å²) in [5.74, 6) is -4.98. The number of carbonyl (C=O) groups excluding carboxylic acids is 3. The fourth-order valence-corrected chi connectivity index (χ4v) is 8.41. The molecular formula is C40H73NO14. The van der Waals surface area contributed by atoms with Gasteiger partial charge in [0.15, 0.2) is 12.6 Å². The van der Waals surface area contributed by atoms with Crippen LogP contribution in [0.25, 0.3) is 0 Å². The van der Waals surface area contributed by atoms with Crippen molar-refractivity contribution in [3.05, 3.63) is 0 Å². The Labute approximate surface area is 328 Å². The zero-order valence-electron chi connectivity index (χ0n) is 35.6. The van der Waals surface area contributed by atoms with Crippen molar-refractivity contribution in [3.63, 3.8) is 0 Å². The number of methoxy groups -OCH3 is 1. The lowest BCUT2D eigenvalue weighted by atomic mass is 9.74. The van der Waals surface area contributed by atoms with Gasteiger partial charge >= 0.3 is 5.97 Å². The highest BCUT2D eigenvalue weighted by Crippen LogP contribution is 2.40. The number of likely N-dealkylation sites (N-methyl/N-ethyl adjacent to an activating group) is 1. The lowest BCUT2D eigenvalue weighted by Gasteiger charge is -2.49. The summed E-state index contributed by atoms with van der Waals surface area (Å²) in [5, 5.41) is 57.6. The van der Waals surface area contributed by atoms with Crippen molar-refractivity contribution in [3.8, 4) is 0 Å². The van der Waals surface area contributed by atoms with E-state index in [2.05, 4.69) is 0 Å². The number of esters is 1. The summed E-state index contributed by atoms with van der Waals surface area (Å²) in [6, 6.07) is -0.324. The Hall–Kier alpha value is -1.63. The summed E-state index contributed by atoms with van der Waals surface area (Å²) in [6.45, 7) is 18.1. The molecular weight excluding hydrogens is 718 g/mol. The largest absolute Gasteiger partial charge is 0.459 e. The Morgan fingerprint density at radius 3 is 1.98 bits per heavy atom. The third kappa shape index (κ3) is 11.7. The van der Waals surface area contributed by atoms with Gasteiger partial charge in [-0.25, -0.2) is 0 Å². The maximum absolute atomic E-state index is 14.1. The Kier molecular flexibility index (Phi) is 18.3. The summed E-state index contributed by atoms with van der Waals surface area (Å²) in [4.78, 5) is 38.9. The molecule has 0 aromatic heterocycles. The molecule has 0 aromatic rings. The van der Waals surface area contributed by atoms with Gasteiger partial charge in [-0.3, -0.25) is 9.59 Å². The standard InChI is InChI=1S/C37H67NO13.C3H6O/c1-14-25-37(10,45)30(41)20(4)27(39)18(2)16-35(8,44)32(51-34-28(40)24(38(11)12)15-19(3)47-34)21(5)29(22(6)33(43)49-25)50-26-17-36(9,46-13)31(42)23(7)48-26;1-2-3-4/h18-26,28-32,34,40-42,44-45H,14-17H2,1-13H3;3H,2H2,1H3/t18-,19-,20+,21-,22-,23+,24+,25-,26+,28-,29+,30+,31+,32-,34+,35-,36-,37-;/m1./s1. The molecule has 5 N–H and O–H groups in total. The SMILES string of the molecule is CCC=O.CC[C@H]1OC(=O)[C@H](C)[C@@H](O[C@H]2C[C@@](C)(OC)[C@@H](O)[C@H](C)O2)[C@@H](C)[C@@H](O[C@@H]2O[C@H](C)C[C@H](N(C)C)[C@H]2O)[C@](C)(O)C[C@@H](C)C(=O)[C@H](C)[C@H](O)[C@]1(C)O. The van der Waals surface area contributed by atoms with E-state index in [9.17, 15) is 39.9 Å². The van der Waals surface area contributed by atoms with Crippen LogP contribution in [0.3, 0.4) is 0 Å². The number of cyclic esters (lactones) is 1. The van der Waals surface area contributed by atoms with Crippen molar-refractivity contribution in [1.29, 1.82) is 0 Å². The molecule has 0 bridgehead atoms. The van der Waals surface area contributed by atoms with E-state index in [0.29, 0.717) is 12.8 Å². The zero-order chi connectivity index (χ0) is 42.4. The number of rotatable bonds is 8.